The highest BCUT2D eigenvalue weighted by atomic mass is 35.5. The van der Waals surface area contributed by atoms with Crippen molar-refractivity contribution in [1.82, 2.24) is 0 Å². The topological polar surface area (TPSA) is 0 Å². The van der Waals surface area contributed by atoms with E-state index in [4.69, 9.17) is 11.6 Å². The minimum absolute atomic E-state index is 0.348. The highest BCUT2D eigenvalue weighted by Gasteiger charge is 2.11. The van der Waals surface area contributed by atoms with E-state index in [0.29, 0.717) is 5.02 Å². The van der Waals surface area contributed by atoms with Gasteiger partial charge in [0.1, 0.15) is 0 Å². The molecule has 0 aliphatic rings. The van der Waals surface area contributed by atoms with Crippen molar-refractivity contribution >= 4 is 11.6 Å². The Balaban J connectivity index is 3.08. The van der Waals surface area contributed by atoms with Crippen molar-refractivity contribution in [3.8, 4) is 0 Å². The van der Waals surface area contributed by atoms with Crippen molar-refractivity contribution in [2.24, 2.45) is 0 Å². The molecule has 1 radical (unpaired) electrons. The zero-order chi connectivity index (χ0) is 9.84. The molecule has 0 nitrogen and oxygen atoms in total. The Morgan fingerprint density at radius 1 is 1.54 bits per heavy atom. The van der Waals surface area contributed by atoms with Gasteiger partial charge in [-0.15, -0.1) is 0 Å². The molecular weight excluding hydrogens is 187 g/mol. The molecule has 0 saturated heterocycles. The van der Waals surface area contributed by atoms with Gasteiger partial charge in [-0.2, -0.15) is 0 Å². The molecule has 1 aromatic rings. The Labute approximate surface area is 83.7 Å². The molecule has 0 fully saturated rings. The molecule has 1 atom stereocenters. The summed E-state index contributed by atoms with van der Waals surface area (Å²) in [6.07, 6.45) is 0.867. The van der Waals surface area contributed by atoms with Crippen LogP contribution in [-0.4, -0.2) is 6.67 Å². The molecule has 13 heavy (non-hydrogen) atoms. The fraction of sp³-hybridized carbons (Fsp3) is 0.364. The lowest BCUT2D eigenvalue weighted by molar-refractivity contribution is 0.465. The van der Waals surface area contributed by atoms with Crippen molar-refractivity contribution in [3.63, 3.8) is 0 Å². The van der Waals surface area contributed by atoms with Gasteiger partial charge in [-0.1, -0.05) is 36.7 Å². The van der Waals surface area contributed by atoms with E-state index in [1.165, 1.54) is 0 Å². The van der Waals surface area contributed by atoms with E-state index in [9.17, 15) is 4.39 Å². The fourth-order valence-electron chi connectivity index (χ4n) is 1.27. The first kappa shape index (κ1) is 10.5. The predicted octanol–water partition coefficient (Wildman–Crippen LogP) is 3.79. The lowest BCUT2D eigenvalue weighted by Gasteiger charge is -2.11. The van der Waals surface area contributed by atoms with Crippen LogP contribution in [0.3, 0.4) is 0 Å². The van der Waals surface area contributed by atoms with Gasteiger partial charge >= 0.3 is 0 Å². The van der Waals surface area contributed by atoms with Crippen LogP contribution in [0, 0.1) is 6.92 Å². The minimum Gasteiger partial charge on any atom is -0.250 e. The summed E-state index contributed by atoms with van der Waals surface area (Å²) in [5.74, 6) is -0.348. The average Bonchev–Trinajstić information content (AvgIpc) is 2.17. The largest absolute Gasteiger partial charge is 0.250 e. The van der Waals surface area contributed by atoms with E-state index in [1.54, 1.807) is 0 Å². The van der Waals surface area contributed by atoms with Gasteiger partial charge in [-0.3, -0.25) is 4.39 Å². The zero-order valence-corrected chi connectivity index (χ0v) is 8.44. The second kappa shape index (κ2) is 4.61. The van der Waals surface area contributed by atoms with Crippen LogP contribution in [-0.2, 0) is 6.42 Å². The van der Waals surface area contributed by atoms with Gasteiger partial charge in [0.2, 0.25) is 0 Å². The Hall–Kier alpha value is -0.560. The number of hydrogen-bond acceptors (Lipinski definition) is 0. The second-order valence-corrected chi connectivity index (χ2v) is 3.40. The molecule has 0 N–H and O–H groups in total. The van der Waals surface area contributed by atoms with E-state index >= 15 is 0 Å². The number of hydrogen-bond donors (Lipinski definition) is 0. The van der Waals surface area contributed by atoms with Crippen LogP contribution in [0.4, 0.5) is 4.39 Å². The van der Waals surface area contributed by atoms with Crippen LogP contribution in [0.5, 0.6) is 0 Å². The third-order valence-corrected chi connectivity index (χ3v) is 2.58. The number of alkyl halides is 1. The zero-order valence-electron chi connectivity index (χ0n) is 7.69. The molecule has 1 aromatic carbocycles. The van der Waals surface area contributed by atoms with Crippen molar-refractivity contribution in [1.29, 1.82) is 0 Å². The van der Waals surface area contributed by atoms with Gasteiger partial charge in [0.25, 0.3) is 0 Å². The lowest BCUT2D eigenvalue weighted by atomic mass is 9.99. The van der Waals surface area contributed by atoms with Gasteiger partial charge in [0, 0.05) is 10.9 Å². The number of aryl methyl sites for hydroxylation is 1. The summed E-state index contributed by atoms with van der Waals surface area (Å²) in [7, 11) is 0. The van der Waals surface area contributed by atoms with Crippen LogP contribution < -0.4 is 0 Å². The molecule has 0 aliphatic carbocycles. The van der Waals surface area contributed by atoms with E-state index in [0.717, 1.165) is 17.5 Å². The Morgan fingerprint density at radius 3 is 2.77 bits per heavy atom. The molecule has 1 unspecified atom stereocenters. The summed E-state index contributed by atoms with van der Waals surface area (Å²) >= 11 is 6.08. The van der Waals surface area contributed by atoms with E-state index in [-0.39, 0.29) is 5.92 Å². The molecule has 71 valence electrons. The first-order valence-corrected chi connectivity index (χ1v) is 4.74. The van der Waals surface area contributed by atoms with Gasteiger partial charge < -0.3 is 0 Å². The monoisotopic (exact) mass is 199 g/mol. The second-order valence-electron chi connectivity index (χ2n) is 3.03. The number of benzene rings is 1. The molecule has 0 heterocycles. The van der Waals surface area contributed by atoms with Crippen molar-refractivity contribution < 1.29 is 4.39 Å². The molecule has 0 spiro atoms. The molecule has 0 amide bonds. The van der Waals surface area contributed by atoms with Gasteiger partial charge in [0.05, 0.1) is 6.67 Å². The third kappa shape index (κ3) is 2.22. The van der Waals surface area contributed by atoms with Gasteiger partial charge in [0.15, 0.2) is 0 Å². The minimum atomic E-state index is -0.465. The predicted molar refractivity (Wildman–Crippen MR) is 54.9 cm³/mol. The lowest BCUT2D eigenvalue weighted by Crippen LogP contribution is -1.98. The van der Waals surface area contributed by atoms with Gasteiger partial charge in [-0.25, -0.2) is 0 Å². The summed E-state index contributed by atoms with van der Waals surface area (Å²) in [4.78, 5) is 0. The highest BCUT2D eigenvalue weighted by molar-refractivity contribution is 6.32. The van der Waals surface area contributed by atoms with Crippen LogP contribution in [0.1, 0.15) is 24.0 Å². The number of halogens is 2. The maximum absolute atomic E-state index is 12.4. The van der Waals surface area contributed by atoms with Crippen LogP contribution >= 0.6 is 11.6 Å². The Morgan fingerprint density at radius 2 is 2.23 bits per heavy atom. The highest BCUT2D eigenvalue weighted by Crippen LogP contribution is 2.27. The Kier molecular flexibility index (Phi) is 3.73. The van der Waals surface area contributed by atoms with Crippen molar-refractivity contribution in [2.45, 2.75) is 19.3 Å². The van der Waals surface area contributed by atoms with E-state index < -0.39 is 6.67 Å². The molecule has 0 aliphatic heterocycles. The molecule has 0 saturated carbocycles. The van der Waals surface area contributed by atoms with Crippen molar-refractivity contribution in [2.75, 3.05) is 6.67 Å². The van der Waals surface area contributed by atoms with Crippen LogP contribution in [0.15, 0.2) is 18.2 Å². The summed E-state index contributed by atoms with van der Waals surface area (Å²) in [6, 6.07) is 5.68. The normalized spacial score (nSPS) is 12.9. The molecule has 0 bridgehead atoms. The third-order valence-electron chi connectivity index (χ3n) is 2.12. The van der Waals surface area contributed by atoms with Crippen LogP contribution in [0.2, 0.25) is 5.02 Å². The molecular formula is C11H13ClF. The quantitative estimate of drug-likeness (QED) is 0.695. The standard InChI is InChI=1S/C11H13ClF/c1-3-9-5-4-6-10(11(9)12)8(2)7-13/h4-6,8H,2-3,7H2,1H3. The molecule has 1 rings (SSSR count). The maximum atomic E-state index is 12.4. The first-order valence-electron chi connectivity index (χ1n) is 4.37. The first-order chi connectivity index (χ1) is 6.20. The summed E-state index contributed by atoms with van der Waals surface area (Å²) in [6.45, 7) is 5.26. The SMILES string of the molecule is [CH2]C(CF)c1cccc(CC)c1Cl. The smallest absolute Gasteiger partial charge is 0.0963 e. The summed E-state index contributed by atoms with van der Waals surface area (Å²) < 4.78 is 12.4. The number of rotatable bonds is 3. The van der Waals surface area contributed by atoms with Crippen LogP contribution in [0.25, 0.3) is 0 Å². The fourth-order valence-corrected chi connectivity index (χ4v) is 1.69. The molecule has 0 aromatic heterocycles. The van der Waals surface area contributed by atoms with E-state index in [1.807, 2.05) is 25.1 Å². The van der Waals surface area contributed by atoms with Crippen molar-refractivity contribution in [3.05, 3.63) is 41.3 Å². The molecule has 2 heteroatoms. The summed E-state index contributed by atoms with van der Waals surface area (Å²) in [5, 5.41) is 0.669. The maximum Gasteiger partial charge on any atom is 0.0963 e. The average molecular weight is 200 g/mol. The van der Waals surface area contributed by atoms with Gasteiger partial charge in [-0.05, 0) is 24.5 Å². The Bertz CT molecular complexity index is 283. The van der Waals surface area contributed by atoms with E-state index in [2.05, 4.69) is 6.92 Å². The summed E-state index contributed by atoms with van der Waals surface area (Å²) in [5.41, 5.74) is 1.87.